The lowest BCUT2D eigenvalue weighted by Crippen LogP contribution is -2.14. The molecule has 1 aromatic heterocycles. The minimum absolute atomic E-state index is 0.282. The van der Waals surface area contributed by atoms with Crippen LogP contribution in [0.4, 0.5) is 5.82 Å². The molecule has 98 valence electrons. The molecule has 0 fully saturated rings. The highest BCUT2D eigenvalue weighted by Crippen LogP contribution is 2.19. The number of pyridine rings is 1. The molecular formula is C12H16ClN3O2. The predicted molar refractivity (Wildman–Crippen MR) is 71.9 cm³/mol. The van der Waals surface area contributed by atoms with Crippen LogP contribution in [0.1, 0.15) is 17.3 Å². The number of aromatic nitrogens is 1. The van der Waals surface area contributed by atoms with Crippen molar-refractivity contribution in [2.45, 2.75) is 6.92 Å². The van der Waals surface area contributed by atoms with Crippen molar-refractivity contribution in [3.05, 3.63) is 35.0 Å². The normalized spacial score (nSPS) is 10.1. The van der Waals surface area contributed by atoms with Gasteiger partial charge in [-0.3, -0.25) is 4.79 Å². The number of ether oxygens (including phenoxy) is 1. The average Bonchev–Trinajstić information content (AvgIpc) is 2.29. The highest BCUT2D eigenvalue weighted by Gasteiger charge is 2.06. The third kappa shape index (κ3) is 4.73. The van der Waals surface area contributed by atoms with Gasteiger partial charge in [0.2, 0.25) is 5.91 Å². The number of carbonyl (C=O) groups is 1. The fraction of sp³-hybridized carbons (Fsp3) is 0.333. The summed E-state index contributed by atoms with van der Waals surface area (Å²) >= 11 is 5.95. The lowest BCUT2D eigenvalue weighted by molar-refractivity contribution is 0.1000. The molecule has 18 heavy (non-hydrogen) atoms. The fourth-order valence-corrected chi connectivity index (χ4v) is 1.42. The highest BCUT2D eigenvalue weighted by atomic mass is 35.5. The first kappa shape index (κ1) is 14.5. The molecule has 6 heteroatoms. The number of nitrogens with one attached hydrogen (secondary N) is 1. The Bertz CT molecular complexity index is 449. The van der Waals surface area contributed by atoms with Crippen LogP contribution < -0.4 is 11.1 Å². The lowest BCUT2D eigenvalue weighted by Gasteiger charge is -2.08. The van der Waals surface area contributed by atoms with Gasteiger partial charge in [-0.15, -0.1) is 0 Å². The molecule has 1 rings (SSSR count). The molecule has 0 aromatic carbocycles. The van der Waals surface area contributed by atoms with Crippen LogP contribution in [0.2, 0.25) is 5.02 Å². The molecule has 1 amide bonds. The van der Waals surface area contributed by atoms with E-state index in [0.717, 1.165) is 5.57 Å². The first-order valence-electron chi connectivity index (χ1n) is 5.42. The van der Waals surface area contributed by atoms with Crippen molar-refractivity contribution in [3.8, 4) is 0 Å². The summed E-state index contributed by atoms with van der Waals surface area (Å²) in [6, 6.07) is 1.48. The van der Waals surface area contributed by atoms with E-state index >= 15 is 0 Å². The van der Waals surface area contributed by atoms with Gasteiger partial charge in [0, 0.05) is 12.7 Å². The monoisotopic (exact) mass is 269 g/mol. The van der Waals surface area contributed by atoms with Crippen LogP contribution in [0.5, 0.6) is 0 Å². The number of carbonyl (C=O) groups excluding carboxylic acids is 1. The van der Waals surface area contributed by atoms with Crippen molar-refractivity contribution in [3.63, 3.8) is 0 Å². The summed E-state index contributed by atoms with van der Waals surface area (Å²) in [6.07, 6.45) is 1.38. The number of anilines is 1. The van der Waals surface area contributed by atoms with Crippen molar-refractivity contribution in [1.82, 2.24) is 4.98 Å². The predicted octanol–water partition coefficient (Wildman–Crippen LogP) is 1.84. The number of hydrogen-bond donors (Lipinski definition) is 2. The molecule has 1 aromatic rings. The van der Waals surface area contributed by atoms with Crippen LogP contribution in [-0.4, -0.2) is 30.6 Å². The summed E-state index contributed by atoms with van der Waals surface area (Å²) in [5.74, 6) is -0.0543. The molecule has 0 spiro atoms. The van der Waals surface area contributed by atoms with Gasteiger partial charge in [0.15, 0.2) is 0 Å². The number of nitrogens with zero attached hydrogens (tertiary/aromatic N) is 1. The van der Waals surface area contributed by atoms with Crippen LogP contribution in [-0.2, 0) is 4.74 Å². The molecule has 0 aliphatic heterocycles. The first-order chi connectivity index (χ1) is 8.50. The second-order valence-electron chi connectivity index (χ2n) is 3.86. The third-order valence-electron chi connectivity index (χ3n) is 2.01. The second-order valence-corrected chi connectivity index (χ2v) is 4.26. The van der Waals surface area contributed by atoms with Gasteiger partial charge < -0.3 is 15.8 Å². The molecule has 0 aliphatic carbocycles. The quantitative estimate of drug-likeness (QED) is 0.585. The van der Waals surface area contributed by atoms with E-state index in [4.69, 9.17) is 22.1 Å². The van der Waals surface area contributed by atoms with Gasteiger partial charge in [0.1, 0.15) is 5.82 Å². The van der Waals surface area contributed by atoms with E-state index in [1.807, 2.05) is 6.92 Å². The maximum Gasteiger partial charge on any atom is 0.250 e. The molecule has 0 bridgehead atoms. The zero-order chi connectivity index (χ0) is 13.5. The van der Waals surface area contributed by atoms with Crippen LogP contribution in [0, 0.1) is 0 Å². The largest absolute Gasteiger partial charge is 0.375 e. The molecule has 5 nitrogen and oxygen atoms in total. The van der Waals surface area contributed by atoms with E-state index < -0.39 is 5.91 Å². The molecule has 0 atom stereocenters. The van der Waals surface area contributed by atoms with E-state index in [1.165, 1.54) is 12.3 Å². The summed E-state index contributed by atoms with van der Waals surface area (Å²) in [4.78, 5) is 14.9. The second kappa shape index (κ2) is 6.98. The maximum atomic E-state index is 10.9. The molecule has 0 saturated carbocycles. The van der Waals surface area contributed by atoms with Crippen molar-refractivity contribution in [2.24, 2.45) is 5.73 Å². The number of halogens is 1. The summed E-state index contributed by atoms with van der Waals surface area (Å²) in [7, 11) is 0. The molecule has 0 aliphatic rings. The SMILES string of the molecule is C=C(C)COCCNc1ncc(C(N)=O)cc1Cl. The van der Waals surface area contributed by atoms with Gasteiger partial charge in [0.05, 0.1) is 23.8 Å². The standard InChI is InChI=1S/C12H16ClN3O2/c1-8(2)7-18-4-3-15-12-10(13)5-9(6-16-12)11(14)17/h5-6H,1,3-4,7H2,2H3,(H2,14,17)(H,15,16). The number of rotatable bonds is 7. The number of amides is 1. The van der Waals surface area contributed by atoms with E-state index in [2.05, 4.69) is 16.9 Å². The Balaban J connectivity index is 2.43. The minimum atomic E-state index is -0.555. The Hall–Kier alpha value is -1.59. The van der Waals surface area contributed by atoms with Crippen molar-refractivity contribution in [1.29, 1.82) is 0 Å². The van der Waals surface area contributed by atoms with Crippen LogP contribution in [0.3, 0.4) is 0 Å². The Morgan fingerprint density at radius 2 is 2.39 bits per heavy atom. The van der Waals surface area contributed by atoms with Crippen molar-refractivity contribution in [2.75, 3.05) is 25.1 Å². The molecule has 0 radical (unpaired) electrons. The topological polar surface area (TPSA) is 77.2 Å². The molecule has 0 saturated heterocycles. The van der Waals surface area contributed by atoms with E-state index in [-0.39, 0.29) is 5.56 Å². The van der Waals surface area contributed by atoms with E-state index in [9.17, 15) is 4.79 Å². The Morgan fingerprint density at radius 3 is 2.94 bits per heavy atom. The Labute approximate surface area is 111 Å². The maximum absolute atomic E-state index is 10.9. The summed E-state index contributed by atoms with van der Waals surface area (Å²) < 4.78 is 5.31. The fourth-order valence-electron chi connectivity index (χ4n) is 1.19. The number of nitrogens with two attached hydrogens (primary N) is 1. The first-order valence-corrected chi connectivity index (χ1v) is 5.80. The molecule has 0 unspecified atom stereocenters. The number of primary amides is 1. The highest BCUT2D eigenvalue weighted by molar-refractivity contribution is 6.33. The minimum Gasteiger partial charge on any atom is -0.375 e. The smallest absolute Gasteiger partial charge is 0.250 e. The van der Waals surface area contributed by atoms with Crippen molar-refractivity contribution >= 4 is 23.3 Å². The van der Waals surface area contributed by atoms with Crippen LogP contribution >= 0.6 is 11.6 Å². The van der Waals surface area contributed by atoms with Gasteiger partial charge in [-0.25, -0.2) is 4.98 Å². The molecule has 1 heterocycles. The van der Waals surface area contributed by atoms with Gasteiger partial charge in [-0.2, -0.15) is 0 Å². The van der Waals surface area contributed by atoms with Gasteiger partial charge in [-0.05, 0) is 13.0 Å². The molecular weight excluding hydrogens is 254 g/mol. The average molecular weight is 270 g/mol. The summed E-state index contributed by atoms with van der Waals surface area (Å²) in [6.45, 7) is 7.24. The Kier molecular flexibility index (Phi) is 5.61. The zero-order valence-corrected chi connectivity index (χ0v) is 11.0. The van der Waals surface area contributed by atoms with E-state index in [1.54, 1.807) is 0 Å². The summed E-state index contributed by atoms with van der Waals surface area (Å²) in [5, 5.41) is 3.36. The van der Waals surface area contributed by atoms with Crippen LogP contribution in [0.15, 0.2) is 24.4 Å². The number of hydrogen-bond acceptors (Lipinski definition) is 4. The van der Waals surface area contributed by atoms with Gasteiger partial charge >= 0.3 is 0 Å². The molecule has 3 N–H and O–H groups in total. The Morgan fingerprint density at radius 1 is 1.67 bits per heavy atom. The van der Waals surface area contributed by atoms with Gasteiger partial charge in [0.25, 0.3) is 0 Å². The lowest BCUT2D eigenvalue weighted by atomic mass is 10.3. The zero-order valence-electron chi connectivity index (χ0n) is 10.2. The van der Waals surface area contributed by atoms with Crippen molar-refractivity contribution < 1.29 is 9.53 Å². The third-order valence-corrected chi connectivity index (χ3v) is 2.30. The van der Waals surface area contributed by atoms with Gasteiger partial charge in [-0.1, -0.05) is 23.8 Å². The summed E-state index contributed by atoms with van der Waals surface area (Å²) in [5.41, 5.74) is 6.37. The van der Waals surface area contributed by atoms with E-state index in [0.29, 0.717) is 30.6 Å². The van der Waals surface area contributed by atoms with Crippen LogP contribution in [0.25, 0.3) is 0 Å².